The highest BCUT2D eigenvalue weighted by Crippen LogP contribution is 2.39. The standard InChI is InChI=1S/C17H29NO2/c1-12-6-14(9-17(3,4)8-12)19-11-15-7-13(2)16(20-15)10-18-5/h7,12,14,18H,6,8-11H2,1-5H3. The van der Waals surface area contributed by atoms with Crippen LogP contribution >= 0.6 is 0 Å². The molecule has 1 fully saturated rings. The molecular formula is C17H29NO2. The molecule has 1 aromatic heterocycles. The van der Waals surface area contributed by atoms with Crippen LogP contribution in [0, 0.1) is 18.3 Å². The summed E-state index contributed by atoms with van der Waals surface area (Å²) in [7, 11) is 1.93. The Balaban J connectivity index is 1.90. The minimum absolute atomic E-state index is 0.368. The number of furan rings is 1. The Hall–Kier alpha value is -0.800. The average molecular weight is 279 g/mol. The fourth-order valence-electron chi connectivity index (χ4n) is 3.58. The van der Waals surface area contributed by atoms with E-state index < -0.39 is 0 Å². The fraction of sp³-hybridized carbons (Fsp3) is 0.765. The molecule has 1 aliphatic rings. The minimum Gasteiger partial charge on any atom is -0.462 e. The first-order valence-corrected chi connectivity index (χ1v) is 7.74. The van der Waals surface area contributed by atoms with Gasteiger partial charge in [0.2, 0.25) is 0 Å². The maximum Gasteiger partial charge on any atom is 0.130 e. The van der Waals surface area contributed by atoms with Gasteiger partial charge in [0.25, 0.3) is 0 Å². The number of hydrogen-bond acceptors (Lipinski definition) is 3. The molecule has 0 radical (unpaired) electrons. The van der Waals surface area contributed by atoms with E-state index in [1.807, 2.05) is 7.05 Å². The molecule has 1 aliphatic carbocycles. The van der Waals surface area contributed by atoms with Crippen molar-refractivity contribution in [3.05, 3.63) is 23.2 Å². The summed E-state index contributed by atoms with van der Waals surface area (Å²) in [5.41, 5.74) is 1.61. The topological polar surface area (TPSA) is 34.4 Å². The van der Waals surface area contributed by atoms with Gasteiger partial charge in [-0.1, -0.05) is 20.8 Å². The molecule has 2 atom stereocenters. The number of nitrogens with one attached hydrogen (secondary N) is 1. The van der Waals surface area contributed by atoms with E-state index in [4.69, 9.17) is 9.15 Å². The van der Waals surface area contributed by atoms with E-state index in [0.29, 0.717) is 18.1 Å². The van der Waals surface area contributed by atoms with E-state index in [-0.39, 0.29) is 0 Å². The lowest BCUT2D eigenvalue weighted by atomic mass is 9.71. The molecule has 1 saturated carbocycles. The smallest absolute Gasteiger partial charge is 0.130 e. The van der Waals surface area contributed by atoms with Gasteiger partial charge in [0.15, 0.2) is 0 Å². The van der Waals surface area contributed by atoms with Crippen LogP contribution in [0.15, 0.2) is 10.5 Å². The quantitative estimate of drug-likeness (QED) is 0.883. The molecule has 3 nitrogen and oxygen atoms in total. The Bertz CT molecular complexity index is 436. The number of ether oxygens (including phenoxy) is 1. The number of hydrogen-bond donors (Lipinski definition) is 1. The Morgan fingerprint density at radius 3 is 2.80 bits per heavy atom. The van der Waals surface area contributed by atoms with E-state index in [1.54, 1.807) is 0 Å². The number of rotatable bonds is 5. The summed E-state index contributed by atoms with van der Waals surface area (Å²) in [6, 6.07) is 2.10. The maximum absolute atomic E-state index is 6.11. The van der Waals surface area contributed by atoms with Crippen LogP contribution in [-0.4, -0.2) is 13.2 Å². The SMILES string of the molecule is CNCc1oc(COC2CC(C)CC(C)(C)C2)cc1C. The summed E-state index contributed by atoms with van der Waals surface area (Å²) in [5, 5.41) is 3.13. The highest BCUT2D eigenvalue weighted by molar-refractivity contribution is 5.19. The lowest BCUT2D eigenvalue weighted by Crippen LogP contribution is -2.32. The van der Waals surface area contributed by atoms with Crippen molar-refractivity contribution >= 4 is 0 Å². The minimum atomic E-state index is 0.368. The lowest BCUT2D eigenvalue weighted by Gasteiger charge is -2.38. The van der Waals surface area contributed by atoms with Crippen LogP contribution in [0.1, 0.15) is 57.1 Å². The molecule has 0 spiro atoms. The highest BCUT2D eigenvalue weighted by Gasteiger charge is 2.32. The highest BCUT2D eigenvalue weighted by atomic mass is 16.5. The summed E-state index contributed by atoms with van der Waals surface area (Å²) in [6.07, 6.45) is 4.00. The maximum atomic E-state index is 6.11. The third-order valence-corrected chi connectivity index (χ3v) is 4.22. The van der Waals surface area contributed by atoms with E-state index in [2.05, 4.69) is 39.1 Å². The monoisotopic (exact) mass is 279 g/mol. The number of aryl methyl sites for hydroxylation is 1. The molecule has 2 unspecified atom stereocenters. The van der Waals surface area contributed by atoms with Crippen LogP contribution in [-0.2, 0) is 17.9 Å². The zero-order valence-electron chi connectivity index (χ0n) is 13.6. The Morgan fingerprint density at radius 2 is 2.15 bits per heavy atom. The molecule has 2 rings (SSSR count). The molecule has 0 bridgehead atoms. The zero-order valence-corrected chi connectivity index (χ0v) is 13.6. The van der Waals surface area contributed by atoms with E-state index >= 15 is 0 Å². The van der Waals surface area contributed by atoms with E-state index in [1.165, 1.54) is 18.4 Å². The molecule has 0 aromatic carbocycles. The van der Waals surface area contributed by atoms with Crippen LogP contribution in [0.25, 0.3) is 0 Å². The Kier molecular flexibility index (Phi) is 4.92. The van der Waals surface area contributed by atoms with Crippen molar-refractivity contribution in [3.63, 3.8) is 0 Å². The van der Waals surface area contributed by atoms with Crippen molar-refractivity contribution in [2.75, 3.05) is 7.05 Å². The first-order chi connectivity index (χ1) is 9.39. The second-order valence-corrected chi connectivity index (χ2v) is 7.20. The lowest BCUT2D eigenvalue weighted by molar-refractivity contribution is -0.0370. The van der Waals surface area contributed by atoms with Gasteiger partial charge >= 0.3 is 0 Å². The first kappa shape index (κ1) is 15.6. The van der Waals surface area contributed by atoms with E-state index in [9.17, 15) is 0 Å². The van der Waals surface area contributed by atoms with Crippen LogP contribution < -0.4 is 5.32 Å². The van der Waals surface area contributed by atoms with Crippen molar-refractivity contribution in [3.8, 4) is 0 Å². The molecule has 1 aromatic rings. The van der Waals surface area contributed by atoms with E-state index in [0.717, 1.165) is 30.4 Å². The second-order valence-electron chi connectivity index (χ2n) is 7.20. The van der Waals surface area contributed by atoms with Gasteiger partial charge in [-0.3, -0.25) is 0 Å². The molecule has 20 heavy (non-hydrogen) atoms. The van der Waals surface area contributed by atoms with Gasteiger partial charge in [-0.15, -0.1) is 0 Å². The molecule has 3 heteroatoms. The first-order valence-electron chi connectivity index (χ1n) is 7.74. The van der Waals surface area contributed by atoms with Crippen LogP contribution in [0.2, 0.25) is 0 Å². The normalized spacial score (nSPS) is 25.9. The predicted molar refractivity (Wildman–Crippen MR) is 81.6 cm³/mol. The zero-order chi connectivity index (χ0) is 14.8. The van der Waals surface area contributed by atoms with Crippen molar-refractivity contribution in [2.45, 2.75) is 66.2 Å². The summed E-state index contributed by atoms with van der Waals surface area (Å²) in [6.45, 7) is 10.5. The van der Waals surface area contributed by atoms with Gasteiger partial charge in [0, 0.05) is 0 Å². The van der Waals surface area contributed by atoms with Gasteiger partial charge < -0.3 is 14.5 Å². The summed E-state index contributed by atoms with van der Waals surface area (Å²) in [5.74, 6) is 2.72. The molecule has 0 saturated heterocycles. The van der Waals surface area contributed by atoms with Crippen molar-refractivity contribution in [2.24, 2.45) is 11.3 Å². The van der Waals surface area contributed by atoms with Gasteiger partial charge in [-0.2, -0.15) is 0 Å². The molecule has 1 N–H and O–H groups in total. The summed E-state index contributed by atoms with van der Waals surface area (Å²) in [4.78, 5) is 0. The fourth-order valence-corrected chi connectivity index (χ4v) is 3.58. The predicted octanol–water partition coefficient (Wildman–Crippen LogP) is 4.04. The average Bonchev–Trinajstić information content (AvgIpc) is 2.66. The van der Waals surface area contributed by atoms with Crippen LogP contribution in [0.5, 0.6) is 0 Å². The Morgan fingerprint density at radius 1 is 1.40 bits per heavy atom. The molecule has 114 valence electrons. The van der Waals surface area contributed by atoms with Crippen LogP contribution in [0.3, 0.4) is 0 Å². The summed E-state index contributed by atoms with van der Waals surface area (Å²) >= 11 is 0. The van der Waals surface area contributed by atoms with Crippen LogP contribution in [0.4, 0.5) is 0 Å². The second kappa shape index (κ2) is 6.31. The van der Waals surface area contributed by atoms with Gasteiger partial charge in [0.05, 0.1) is 12.6 Å². The summed E-state index contributed by atoms with van der Waals surface area (Å²) < 4.78 is 11.9. The molecule has 0 amide bonds. The molecule has 1 heterocycles. The van der Waals surface area contributed by atoms with Crippen molar-refractivity contribution in [1.29, 1.82) is 0 Å². The van der Waals surface area contributed by atoms with Crippen molar-refractivity contribution in [1.82, 2.24) is 5.32 Å². The molecule has 0 aliphatic heterocycles. The van der Waals surface area contributed by atoms with Gasteiger partial charge in [0.1, 0.15) is 18.1 Å². The largest absolute Gasteiger partial charge is 0.462 e. The third kappa shape index (κ3) is 4.10. The van der Waals surface area contributed by atoms with Gasteiger partial charge in [-0.25, -0.2) is 0 Å². The molecular weight excluding hydrogens is 250 g/mol. The van der Waals surface area contributed by atoms with Gasteiger partial charge in [-0.05, 0) is 56.2 Å². The van der Waals surface area contributed by atoms with Crippen molar-refractivity contribution < 1.29 is 9.15 Å². The Labute approximate surface area is 123 Å². The third-order valence-electron chi connectivity index (χ3n) is 4.22.